The van der Waals surface area contributed by atoms with E-state index in [1.807, 2.05) is 13.0 Å². The highest BCUT2D eigenvalue weighted by Crippen LogP contribution is 2.25. The Labute approximate surface area is 120 Å². The maximum absolute atomic E-state index is 5.89. The highest BCUT2D eigenvalue weighted by atomic mass is 16.5. The van der Waals surface area contributed by atoms with Crippen molar-refractivity contribution in [1.82, 2.24) is 0 Å². The average molecular weight is 273 g/mol. The Balaban J connectivity index is 2.11. The van der Waals surface area contributed by atoms with Crippen LogP contribution in [0.2, 0.25) is 0 Å². The molecule has 1 heterocycles. The summed E-state index contributed by atoms with van der Waals surface area (Å²) >= 11 is 0. The van der Waals surface area contributed by atoms with Crippen LogP contribution in [0.4, 0.5) is 0 Å². The van der Waals surface area contributed by atoms with Gasteiger partial charge in [0.25, 0.3) is 0 Å². The third-order valence-electron chi connectivity index (χ3n) is 3.51. The summed E-state index contributed by atoms with van der Waals surface area (Å²) in [4.78, 5) is 0. The third-order valence-corrected chi connectivity index (χ3v) is 3.51. The number of hydrogen-bond acceptors (Lipinski definition) is 3. The number of rotatable bonds is 5. The maximum Gasteiger partial charge on any atom is 0.146 e. The second kappa shape index (κ2) is 6.14. The summed E-state index contributed by atoms with van der Waals surface area (Å²) in [5.41, 5.74) is 9.11. The van der Waals surface area contributed by atoms with Crippen molar-refractivity contribution in [2.75, 3.05) is 0 Å². The Morgan fingerprint density at radius 1 is 1.15 bits per heavy atom. The Hall–Kier alpha value is -1.74. The Morgan fingerprint density at radius 2 is 1.90 bits per heavy atom. The molecule has 3 nitrogen and oxygen atoms in total. The van der Waals surface area contributed by atoms with Gasteiger partial charge in [-0.15, -0.1) is 0 Å². The minimum Gasteiger partial charge on any atom is -0.485 e. The Bertz CT molecular complexity index is 585. The molecule has 108 valence electrons. The molecule has 1 aromatic carbocycles. The molecule has 0 radical (unpaired) electrons. The van der Waals surface area contributed by atoms with E-state index < -0.39 is 0 Å². The maximum atomic E-state index is 5.89. The van der Waals surface area contributed by atoms with Crippen molar-refractivity contribution in [3.8, 4) is 5.75 Å². The van der Waals surface area contributed by atoms with Gasteiger partial charge in [0.1, 0.15) is 23.9 Å². The number of benzene rings is 1. The normalized spacial score (nSPS) is 11.1. The molecule has 0 saturated heterocycles. The first-order chi connectivity index (χ1) is 9.51. The molecule has 3 heteroatoms. The molecule has 0 aliphatic heterocycles. The molecular formula is C17H23NO2. The van der Waals surface area contributed by atoms with Crippen LogP contribution in [0.5, 0.6) is 5.75 Å². The molecule has 0 bridgehead atoms. The van der Waals surface area contributed by atoms with Crippen LogP contribution in [0.15, 0.2) is 28.7 Å². The summed E-state index contributed by atoms with van der Waals surface area (Å²) in [6.45, 7) is 9.27. The third kappa shape index (κ3) is 3.23. The number of aryl methyl sites for hydroxylation is 2. The largest absolute Gasteiger partial charge is 0.485 e. The first-order valence-electron chi connectivity index (χ1n) is 7.03. The standard InChI is InChI=1S/C17H23NO2/c1-11(2)14-6-5-12(3)16(8-14)19-10-15-7-13(4)17(9-18)20-15/h5-8,11H,9-10,18H2,1-4H3. The van der Waals surface area contributed by atoms with Gasteiger partial charge in [0.2, 0.25) is 0 Å². The van der Waals surface area contributed by atoms with Gasteiger partial charge in [-0.2, -0.15) is 0 Å². The van der Waals surface area contributed by atoms with Gasteiger partial charge in [-0.3, -0.25) is 0 Å². The predicted octanol–water partition coefficient (Wildman–Crippen LogP) is 4.06. The summed E-state index contributed by atoms with van der Waals surface area (Å²) < 4.78 is 11.5. The minimum atomic E-state index is 0.424. The molecule has 0 saturated carbocycles. The van der Waals surface area contributed by atoms with E-state index in [-0.39, 0.29) is 0 Å². The SMILES string of the molecule is Cc1ccc(C(C)C)cc1OCc1cc(C)c(CN)o1. The van der Waals surface area contributed by atoms with Gasteiger partial charge in [0, 0.05) is 0 Å². The summed E-state index contributed by atoms with van der Waals surface area (Å²) in [5, 5.41) is 0. The first kappa shape index (κ1) is 14.7. The fourth-order valence-corrected chi connectivity index (χ4v) is 2.14. The van der Waals surface area contributed by atoms with Gasteiger partial charge in [-0.1, -0.05) is 26.0 Å². The van der Waals surface area contributed by atoms with Crippen molar-refractivity contribution < 1.29 is 9.15 Å². The van der Waals surface area contributed by atoms with E-state index in [0.29, 0.717) is 19.1 Å². The number of ether oxygens (including phenoxy) is 1. The molecule has 0 aliphatic carbocycles. The Morgan fingerprint density at radius 3 is 2.50 bits per heavy atom. The smallest absolute Gasteiger partial charge is 0.146 e. The van der Waals surface area contributed by atoms with E-state index >= 15 is 0 Å². The van der Waals surface area contributed by atoms with Crippen LogP contribution < -0.4 is 10.5 Å². The average Bonchev–Trinajstić information content (AvgIpc) is 2.78. The van der Waals surface area contributed by atoms with Gasteiger partial charge in [0.05, 0.1) is 6.54 Å². The number of nitrogens with two attached hydrogens (primary N) is 1. The topological polar surface area (TPSA) is 48.4 Å². The monoisotopic (exact) mass is 273 g/mol. The van der Waals surface area contributed by atoms with E-state index in [0.717, 1.165) is 28.4 Å². The highest BCUT2D eigenvalue weighted by Gasteiger charge is 2.09. The molecule has 0 atom stereocenters. The van der Waals surface area contributed by atoms with Gasteiger partial charge in [-0.25, -0.2) is 0 Å². The molecule has 0 fully saturated rings. The van der Waals surface area contributed by atoms with E-state index in [4.69, 9.17) is 14.9 Å². The van der Waals surface area contributed by atoms with Crippen LogP contribution in [0, 0.1) is 13.8 Å². The van der Waals surface area contributed by atoms with Crippen LogP contribution in [-0.2, 0) is 13.2 Å². The zero-order valence-electron chi connectivity index (χ0n) is 12.7. The zero-order valence-corrected chi connectivity index (χ0v) is 12.7. The molecule has 2 N–H and O–H groups in total. The van der Waals surface area contributed by atoms with Crippen molar-refractivity contribution in [2.24, 2.45) is 5.73 Å². The van der Waals surface area contributed by atoms with Crippen molar-refractivity contribution in [1.29, 1.82) is 0 Å². The molecule has 0 aliphatic rings. The van der Waals surface area contributed by atoms with Crippen molar-refractivity contribution in [2.45, 2.75) is 46.8 Å². The van der Waals surface area contributed by atoms with Crippen molar-refractivity contribution >= 4 is 0 Å². The zero-order chi connectivity index (χ0) is 14.7. The van der Waals surface area contributed by atoms with Gasteiger partial charge < -0.3 is 14.9 Å². The highest BCUT2D eigenvalue weighted by molar-refractivity contribution is 5.37. The van der Waals surface area contributed by atoms with E-state index in [1.54, 1.807) is 0 Å². The molecular weight excluding hydrogens is 250 g/mol. The molecule has 0 spiro atoms. The van der Waals surface area contributed by atoms with Crippen molar-refractivity contribution in [3.05, 3.63) is 52.5 Å². The van der Waals surface area contributed by atoms with Crippen molar-refractivity contribution in [3.63, 3.8) is 0 Å². The van der Waals surface area contributed by atoms with Crippen LogP contribution in [0.1, 0.15) is 48.0 Å². The molecule has 1 aromatic heterocycles. The second-order valence-corrected chi connectivity index (χ2v) is 5.49. The lowest BCUT2D eigenvalue weighted by Crippen LogP contribution is -1.98. The lowest BCUT2D eigenvalue weighted by molar-refractivity contribution is 0.264. The van der Waals surface area contributed by atoms with Gasteiger partial charge >= 0.3 is 0 Å². The predicted molar refractivity (Wildman–Crippen MR) is 80.9 cm³/mol. The van der Waals surface area contributed by atoms with Gasteiger partial charge in [0.15, 0.2) is 0 Å². The first-order valence-corrected chi connectivity index (χ1v) is 7.03. The van der Waals surface area contributed by atoms with E-state index in [2.05, 4.69) is 39.0 Å². The fraction of sp³-hybridized carbons (Fsp3) is 0.412. The Kier molecular flexibility index (Phi) is 4.50. The molecule has 2 rings (SSSR count). The van der Waals surface area contributed by atoms with Gasteiger partial charge in [-0.05, 0) is 48.6 Å². The minimum absolute atomic E-state index is 0.424. The molecule has 0 amide bonds. The molecule has 20 heavy (non-hydrogen) atoms. The van der Waals surface area contributed by atoms with Crippen LogP contribution in [0.25, 0.3) is 0 Å². The fourth-order valence-electron chi connectivity index (χ4n) is 2.14. The number of furan rings is 1. The summed E-state index contributed by atoms with van der Waals surface area (Å²) in [6, 6.07) is 8.35. The van der Waals surface area contributed by atoms with E-state index in [1.165, 1.54) is 5.56 Å². The lowest BCUT2D eigenvalue weighted by Gasteiger charge is -2.12. The second-order valence-electron chi connectivity index (χ2n) is 5.49. The van der Waals surface area contributed by atoms with Crippen LogP contribution in [-0.4, -0.2) is 0 Å². The summed E-state index contributed by atoms with van der Waals surface area (Å²) in [5.74, 6) is 3.06. The van der Waals surface area contributed by atoms with E-state index in [9.17, 15) is 0 Å². The summed E-state index contributed by atoms with van der Waals surface area (Å²) in [6.07, 6.45) is 0. The molecule has 2 aromatic rings. The van der Waals surface area contributed by atoms with Crippen LogP contribution >= 0.6 is 0 Å². The summed E-state index contributed by atoms with van der Waals surface area (Å²) in [7, 11) is 0. The lowest BCUT2D eigenvalue weighted by atomic mass is 10.0. The molecule has 0 unspecified atom stereocenters. The quantitative estimate of drug-likeness (QED) is 0.893. The number of hydrogen-bond donors (Lipinski definition) is 1. The van der Waals surface area contributed by atoms with Crippen LogP contribution in [0.3, 0.4) is 0 Å².